The van der Waals surface area contributed by atoms with Gasteiger partial charge in [0.25, 0.3) is 0 Å². The molecular weight excluding hydrogens is 442 g/mol. The van der Waals surface area contributed by atoms with Crippen molar-refractivity contribution in [2.45, 2.75) is 37.6 Å². The van der Waals surface area contributed by atoms with E-state index < -0.39 is 21.7 Å². The molecule has 0 spiro atoms. The number of amides is 1. The number of carbonyl (C=O) groups is 1. The van der Waals surface area contributed by atoms with Crippen LogP contribution in [0.2, 0.25) is 5.02 Å². The first kappa shape index (κ1) is 21.6. The summed E-state index contributed by atoms with van der Waals surface area (Å²) in [4.78, 5) is 24.9. The fraction of sp³-hybridized carbons (Fsp3) is 0.333. The normalized spacial score (nSPS) is 15.3. The molecular formula is C21H22ClN3O5S. The van der Waals surface area contributed by atoms with E-state index in [0.717, 1.165) is 24.8 Å². The SMILES string of the molecule is Cc1c(Cl)cccc1NC(=O)Cn1c(=O)oc2cc(S(=O)(=O)N3CCCCC3)ccc21. The van der Waals surface area contributed by atoms with E-state index in [1.165, 1.54) is 27.1 Å². The summed E-state index contributed by atoms with van der Waals surface area (Å²) in [6.07, 6.45) is 2.67. The van der Waals surface area contributed by atoms with E-state index in [4.69, 9.17) is 16.0 Å². The Morgan fingerprint density at radius 3 is 2.65 bits per heavy atom. The average molecular weight is 464 g/mol. The molecule has 10 heteroatoms. The minimum absolute atomic E-state index is 0.0711. The minimum atomic E-state index is -3.66. The summed E-state index contributed by atoms with van der Waals surface area (Å²) in [5.74, 6) is -1.17. The Morgan fingerprint density at radius 2 is 1.90 bits per heavy atom. The lowest BCUT2D eigenvalue weighted by molar-refractivity contribution is -0.116. The molecule has 0 bridgehead atoms. The quantitative estimate of drug-likeness (QED) is 0.625. The monoisotopic (exact) mass is 463 g/mol. The first-order chi connectivity index (χ1) is 14.8. The number of nitrogens with one attached hydrogen (secondary N) is 1. The van der Waals surface area contributed by atoms with Crippen molar-refractivity contribution in [1.82, 2.24) is 8.87 Å². The van der Waals surface area contributed by atoms with E-state index in [-0.39, 0.29) is 17.0 Å². The fourth-order valence-electron chi connectivity index (χ4n) is 3.69. The van der Waals surface area contributed by atoms with Crippen molar-refractivity contribution in [2.24, 2.45) is 0 Å². The molecule has 0 atom stereocenters. The Morgan fingerprint density at radius 1 is 1.16 bits per heavy atom. The number of benzene rings is 2. The highest BCUT2D eigenvalue weighted by Gasteiger charge is 2.27. The van der Waals surface area contributed by atoms with E-state index >= 15 is 0 Å². The Kier molecular flexibility index (Phi) is 5.92. The third-order valence-corrected chi connectivity index (χ3v) is 7.74. The summed E-state index contributed by atoms with van der Waals surface area (Å²) in [7, 11) is -3.66. The molecule has 4 rings (SSSR count). The predicted octanol–water partition coefficient (Wildman–Crippen LogP) is 3.37. The minimum Gasteiger partial charge on any atom is -0.408 e. The lowest BCUT2D eigenvalue weighted by Crippen LogP contribution is -2.35. The standard InChI is InChI=1S/C21H22ClN3O5S/c1-14-16(22)6-5-7-17(14)23-20(26)13-25-18-9-8-15(12-19(18)30-21(25)27)31(28,29)24-10-3-2-4-11-24/h5-9,12H,2-4,10-11,13H2,1H3,(H,23,26). The number of piperidine rings is 1. The predicted molar refractivity (Wildman–Crippen MR) is 118 cm³/mol. The van der Waals surface area contributed by atoms with Crippen LogP contribution in [0.4, 0.5) is 5.69 Å². The van der Waals surface area contributed by atoms with Crippen molar-refractivity contribution in [3.05, 3.63) is 57.5 Å². The lowest BCUT2D eigenvalue weighted by atomic mass is 10.2. The number of hydrogen-bond donors (Lipinski definition) is 1. The number of sulfonamides is 1. The van der Waals surface area contributed by atoms with E-state index in [0.29, 0.717) is 29.3 Å². The van der Waals surface area contributed by atoms with Crippen molar-refractivity contribution in [1.29, 1.82) is 0 Å². The maximum atomic E-state index is 12.9. The lowest BCUT2D eigenvalue weighted by Gasteiger charge is -2.25. The smallest absolute Gasteiger partial charge is 0.408 e. The second-order valence-electron chi connectivity index (χ2n) is 7.51. The molecule has 8 nitrogen and oxygen atoms in total. The van der Waals surface area contributed by atoms with Gasteiger partial charge in [0.15, 0.2) is 5.58 Å². The van der Waals surface area contributed by atoms with Crippen molar-refractivity contribution in [3.63, 3.8) is 0 Å². The molecule has 3 aromatic rings. The van der Waals surface area contributed by atoms with Crippen molar-refractivity contribution in [3.8, 4) is 0 Å². The highest BCUT2D eigenvalue weighted by atomic mass is 35.5. The van der Waals surface area contributed by atoms with Gasteiger partial charge in [-0.1, -0.05) is 24.1 Å². The Hall–Kier alpha value is -2.62. The molecule has 2 aromatic carbocycles. The number of anilines is 1. The number of oxazole rings is 1. The topological polar surface area (TPSA) is 102 Å². The molecule has 1 aromatic heterocycles. The van der Waals surface area contributed by atoms with Crippen LogP contribution in [0.1, 0.15) is 24.8 Å². The maximum Gasteiger partial charge on any atom is 0.420 e. The van der Waals surface area contributed by atoms with Gasteiger partial charge in [0, 0.05) is 29.9 Å². The van der Waals surface area contributed by atoms with Gasteiger partial charge >= 0.3 is 5.76 Å². The first-order valence-electron chi connectivity index (χ1n) is 9.96. The maximum absolute atomic E-state index is 12.9. The van der Waals surface area contributed by atoms with Gasteiger partial charge in [0.05, 0.1) is 10.4 Å². The number of fused-ring (bicyclic) bond motifs is 1. The second-order valence-corrected chi connectivity index (χ2v) is 9.85. The van der Waals surface area contributed by atoms with Gasteiger partial charge in [-0.3, -0.25) is 9.36 Å². The van der Waals surface area contributed by atoms with E-state index in [9.17, 15) is 18.0 Å². The highest BCUT2D eigenvalue weighted by molar-refractivity contribution is 7.89. The summed E-state index contributed by atoms with van der Waals surface area (Å²) in [6.45, 7) is 2.46. The Labute approximate surface area is 184 Å². The van der Waals surface area contributed by atoms with Crippen LogP contribution < -0.4 is 11.1 Å². The van der Waals surface area contributed by atoms with Gasteiger partial charge < -0.3 is 9.73 Å². The number of aromatic nitrogens is 1. The molecule has 0 radical (unpaired) electrons. The van der Waals surface area contributed by atoms with Crippen LogP contribution in [-0.4, -0.2) is 36.3 Å². The number of nitrogens with zero attached hydrogens (tertiary/aromatic N) is 2. The highest BCUT2D eigenvalue weighted by Crippen LogP contribution is 2.25. The Bertz CT molecular complexity index is 1310. The summed E-state index contributed by atoms with van der Waals surface area (Å²) < 4.78 is 33.6. The molecule has 1 saturated heterocycles. The zero-order chi connectivity index (χ0) is 22.2. The van der Waals surface area contributed by atoms with Crippen molar-refractivity contribution >= 4 is 44.3 Å². The van der Waals surface area contributed by atoms with Crippen molar-refractivity contribution in [2.75, 3.05) is 18.4 Å². The summed E-state index contributed by atoms with van der Waals surface area (Å²) in [6, 6.07) is 9.43. The molecule has 2 heterocycles. The molecule has 1 aliphatic rings. The van der Waals surface area contributed by atoms with Gasteiger partial charge in [0.2, 0.25) is 15.9 Å². The van der Waals surface area contributed by atoms with Crippen LogP contribution in [0.5, 0.6) is 0 Å². The molecule has 0 saturated carbocycles. The summed E-state index contributed by atoms with van der Waals surface area (Å²) in [5, 5.41) is 3.25. The number of rotatable bonds is 5. The van der Waals surface area contributed by atoms with Crippen LogP contribution in [-0.2, 0) is 21.4 Å². The van der Waals surface area contributed by atoms with Crippen molar-refractivity contribution < 1.29 is 17.6 Å². The third-order valence-electron chi connectivity index (χ3n) is 5.44. The van der Waals surface area contributed by atoms with Gasteiger partial charge in [-0.2, -0.15) is 4.31 Å². The molecule has 31 heavy (non-hydrogen) atoms. The van der Waals surface area contributed by atoms with Gasteiger partial charge in [-0.05, 0) is 49.6 Å². The van der Waals surface area contributed by atoms with Crippen LogP contribution in [0.15, 0.2) is 50.5 Å². The van der Waals surface area contributed by atoms with E-state index in [1.807, 2.05) is 0 Å². The molecule has 164 valence electrons. The summed E-state index contributed by atoms with van der Waals surface area (Å²) >= 11 is 6.08. The largest absolute Gasteiger partial charge is 0.420 e. The Balaban J connectivity index is 1.60. The number of hydrogen-bond acceptors (Lipinski definition) is 5. The zero-order valence-electron chi connectivity index (χ0n) is 16.9. The summed E-state index contributed by atoms with van der Waals surface area (Å²) in [5.41, 5.74) is 1.73. The van der Waals surface area contributed by atoms with Gasteiger partial charge in [0.1, 0.15) is 6.54 Å². The van der Waals surface area contributed by atoms with Crippen LogP contribution in [0, 0.1) is 6.92 Å². The molecule has 0 unspecified atom stereocenters. The molecule has 1 fully saturated rings. The van der Waals surface area contributed by atoms with Crippen LogP contribution in [0.3, 0.4) is 0 Å². The van der Waals surface area contributed by atoms with E-state index in [1.54, 1.807) is 25.1 Å². The third kappa shape index (κ3) is 4.26. The van der Waals surface area contributed by atoms with Gasteiger partial charge in [-0.15, -0.1) is 0 Å². The number of carbonyl (C=O) groups excluding carboxylic acids is 1. The van der Waals surface area contributed by atoms with Crippen LogP contribution >= 0.6 is 11.6 Å². The molecule has 1 aliphatic heterocycles. The molecule has 0 aliphatic carbocycles. The van der Waals surface area contributed by atoms with E-state index in [2.05, 4.69) is 5.32 Å². The number of halogens is 1. The molecule has 1 N–H and O–H groups in total. The first-order valence-corrected chi connectivity index (χ1v) is 11.8. The average Bonchev–Trinajstić information content (AvgIpc) is 3.06. The van der Waals surface area contributed by atoms with Crippen LogP contribution in [0.25, 0.3) is 11.1 Å². The fourth-order valence-corrected chi connectivity index (χ4v) is 5.40. The second kappa shape index (κ2) is 8.49. The van der Waals surface area contributed by atoms with Gasteiger partial charge in [-0.25, -0.2) is 13.2 Å². The molecule has 1 amide bonds. The zero-order valence-corrected chi connectivity index (χ0v) is 18.5.